The van der Waals surface area contributed by atoms with Crippen LogP contribution in [-0.2, 0) is 20.0 Å². The lowest BCUT2D eigenvalue weighted by Crippen LogP contribution is -2.48. The largest absolute Gasteiger partial charge is 0.497 e. The molecule has 2 N–H and O–H groups in total. The summed E-state index contributed by atoms with van der Waals surface area (Å²) in [7, 11) is -0.400. The maximum absolute atomic E-state index is 12.7. The van der Waals surface area contributed by atoms with Gasteiger partial charge in [-0.2, -0.15) is 0 Å². The summed E-state index contributed by atoms with van der Waals surface area (Å²) in [6.45, 7) is -0.0750. The molecule has 35 heavy (non-hydrogen) atoms. The summed E-state index contributed by atoms with van der Waals surface area (Å²) < 4.78 is 36.0. The van der Waals surface area contributed by atoms with Crippen LogP contribution in [0.4, 0.5) is 11.4 Å². The SMILES string of the molecule is COc1ccc(NC(=O)CNc2ccc(C34CC5CC(CC(C5)C3)C4)cc2S(C)(=O)=O)c(OC)c1. The molecule has 0 heterocycles. The number of anilines is 2. The van der Waals surface area contributed by atoms with Crippen molar-refractivity contribution in [1.29, 1.82) is 0 Å². The lowest BCUT2D eigenvalue weighted by Gasteiger charge is -2.57. The summed E-state index contributed by atoms with van der Waals surface area (Å²) in [5.41, 5.74) is 2.23. The molecule has 4 aliphatic carbocycles. The van der Waals surface area contributed by atoms with Gasteiger partial charge in [0, 0.05) is 12.3 Å². The van der Waals surface area contributed by atoms with Crippen LogP contribution in [0, 0.1) is 17.8 Å². The number of nitrogens with one attached hydrogen (secondary N) is 2. The quantitative estimate of drug-likeness (QED) is 0.551. The molecule has 4 saturated carbocycles. The molecule has 2 aromatic rings. The number of carbonyl (C=O) groups excluding carboxylic acids is 1. The van der Waals surface area contributed by atoms with Crippen molar-refractivity contribution in [2.24, 2.45) is 17.8 Å². The first-order valence-corrected chi connectivity index (χ1v) is 14.2. The highest BCUT2D eigenvalue weighted by Gasteiger charge is 2.51. The Morgan fingerprint density at radius 1 is 0.943 bits per heavy atom. The van der Waals surface area contributed by atoms with E-state index in [1.54, 1.807) is 25.3 Å². The smallest absolute Gasteiger partial charge is 0.243 e. The summed E-state index contributed by atoms with van der Waals surface area (Å²) in [5, 5.41) is 5.85. The number of methoxy groups -OCH3 is 2. The number of hydrogen-bond acceptors (Lipinski definition) is 6. The van der Waals surface area contributed by atoms with E-state index in [0.29, 0.717) is 22.9 Å². The van der Waals surface area contributed by atoms with Crippen LogP contribution < -0.4 is 20.1 Å². The third kappa shape index (κ3) is 4.73. The van der Waals surface area contributed by atoms with Crippen molar-refractivity contribution in [2.45, 2.75) is 48.8 Å². The topological polar surface area (TPSA) is 93.7 Å². The number of sulfone groups is 1. The lowest BCUT2D eigenvalue weighted by molar-refractivity contribution is -0.114. The maximum atomic E-state index is 12.7. The second kappa shape index (κ2) is 9.04. The van der Waals surface area contributed by atoms with Gasteiger partial charge in [0.15, 0.2) is 9.84 Å². The van der Waals surface area contributed by atoms with E-state index in [2.05, 4.69) is 16.7 Å². The molecule has 0 radical (unpaired) electrons. The second-order valence-electron chi connectivity index (χ2n) is 10.6. The highest BCUT2D eigenvalue weighted by molar-refractivity contribution is 7.90. The molecular formula is C27H34N2O5S. The van der Waals surface area contributed by atoms with Gasteiger partial charge in [-0.25, -0.2) is 8.42 Å². The number of ether oxygens (including phenoxy) is 2. The van der Waals surface area contributed by atoms with Crippen LogP contribution in [0.25, 0.3) is 0 Å². The first-order valence-electron chi connectivity index (χ1n) is 12.3. The zero-order valence-corrected chi connectivity index (χ0v) is 21.4. The Morgan fingerprint density at radius 3 is 2.14 bits per heavy atom. The zero-order chi connectivity index (χ0) is 24.8. The number of rotatable bonds is 8. The Labute approximate surface area is 207 Å². The third-order valence-corrected chi connectivity index (χ3v) is 9.29. The Kier molecular flexibility index (Phi) is 6.20. The van der Waals surface area contributed by atoms with E-state index >= 15 is 0 Å². The summed E-state index contributed by atoms with van der Waals surface area (Å²) in [5.74, 6) is 3.13. The van der Waals surface area contributed by atoms with Gasteiger partial charge < -0.3 is 20.1 Å². The average molecular weight is 499 g/mol. The van der Waals surface area contributed by atoms with Crippen molar-refractivity contribution in [1.82, 2.24) is 0 Å². The van der Waals surface area contributed by atoms with E-state index in [-0.39, 0.29) is 22.8 Å². The van der Waals surface area contributed by atoms with E-state index in [9.17, 15) is 13.2 Å². The molecule has 0 unspecified atom stereocenters. The van der Waals surface area contributed by atoms with Crippen molar-refractivity contribution in [3.8, 4) is 11.5 Å². The van der Waals surface area contributed by atoms with Crippen LogP contribution in [-0.4, -0.2) is 41.3 Å². The molecule has 188 valence electrons. The van der Waals surface area contributed by atoms with E-state index in [1.165, 1.54) is 51.9 Å². The van der Waals surface area contributed by atoms with Gasteiger partial charge in [-0.1, -0.05) is 6.07 Å². The second-order valence-corrected chi connectivity index (χ2v) is 12.6. The molecule has 8 heteroatoms. The van der Waals surface area contributed by atoms with Crippen LogP contribution in [0.2, 0.25) is 0 Å². The summed E-state index contributed by atoms with van der Waals surface area (Å²) in [6.07, 6.45) is 8.76. The van der Waals surface area contributed by atoms with E-state index < -0.39 is 9.84 Å². The lowest BCUT2D eigenvalue weighted by atomic mass is 9.48. The Hall–Kier alpha value is -2.74. The normalized spacial score (nSPS) is 26.9. The number of carbonyl (C=O) groups is 1. The fraction of sp³-hybridized carbons (Fsp3) is 0.519. The van der Waals surface area contributed by atoms with Crippen molar-refractivity contribution >= 4 is 27.1 Å². The Morgan fingerprint density at radius 2 is 1.57 bits per heavy atom. The predicted octanol–water partition coefficient (Wildman–Crippen LogP) is 4.63. The molecular weight excluding hydrogens is 464 g/mol. The highest BCUT2D eigenvalue weighted by atomic mass is 32.2. The monoisotopic (exact) mass is 498 g/mol. The van der Waals surface area contributed by atoms with Gasteiger partial charge in [-0.05, 0) is 91.5 Å². The van der Waals surface area contributed by atoms with Gasteiger partial charge in [0.25, 0.3) is 0 Å². The maximum Gasteiger partial charge on any atom is 0.243 e. The molecule has 0 aromatic heterocycles. The minimum atomic E-state index is -3.48. The summed E-state index contributed by atoms with van der Waals surface area (Å²) in [4.78, 5) is 12.9. The van der Waals surface area contributed by atoms with Crippen molar-refractivity contribution < 1.29 is 22.7 Å². The number of hydrogen-bond donors (Lipinski definition) is 2. The first-order chi connectivity index (χ1) is 16.7. The number of benzene rings is 2. The summed E-state index contributed by atoms with van der Waals surface area (Å²) >= 11 is 0. The van der Waals surface area contributed by atoms with Crippen molar-refractivity contribution in [3.63, 3.8) is 0 Å². The van der Waals surface area contributed by atoms with Gasteiger partial charge in [0.2, 0.25) is 5.91 Å². The fourth-order valence-electron chi connectivity index (χ4n) is 7.04. The molecule has 4 fully saturated rings. The minimum absolute atomic E-state index is 0.0750. The van der Waals surface area contributed by atoms with Gasteiger partial charge in [-0.15, -0.1) is 0 Å². The predicted molar refractivity (Wildman–Crippen MR) is 136 cm³/mol. The van der Waals surface area contributed by atoms with Crippen LogP contribution in [0.3, 0.4) is 0 Å². The molecule has 7 nitrogen and oxygen atoms in total. The highest BCUT2D eigenvalue weighted by Crippen LogP contribution is 2.61. The molecule has 0 atom stereocenters. The zero-order valence-electron chi connectivity index (χ0n) is 20.6. The van der Waals surface area contributed by atoms with Crippen LogP contribution in [0.15, 0.2) is 41.3 Å². The molecule has 6 rings (SSSR count). The minimum Gasteiger partial charge on any atom is -0.497 e. The molecule has 0 spiro atoms. The first kappa shape index (κ1) is 24.0. The van der Waals surface area contributed by atoms with Crippen molar-refractivity contribution in [3.05, 3.63) is 42.0 Å². The van der Waals surface area contributed by atoms with E-state index in [1.807, 2.05) is 12.1 Å². The molecule has 1 amide bonds. The summed E-state index contributed by atoms with van der Waals surface area (Å²) in [6, 6.07) is 10.9. The molecule has 4 bridgehead atoms. The Balaban J connectivity index is 1.34. The third-order valence-electron chi connectivity index (χ3n) is 8.15. The van der Waals surface area contributed by atoms with Crippen molar-refractivity contribution in [2.75, 3.05) is 37.7 Å². The van der Waals surface area contributed by atoms with Crippen LogP contribution >= 0.6 is 0 Å². The number of amides is 1. The molecule has 0 saturated heterocycles. The fourth-order valence-corrected chi connectivity index (χ4v) is 7.92. The average Bonchev–Trinajstić information content (AvgIpc) is 2.81. The van der Waals surface area contributed by atoms with Crippen LogP contribution in [0.1, 0.15) is 44.1 Å². The van der Waals surface area contributed by atoms with Gasteiger partial charge in [-0.3, -0.25) is 4.79 Å². The van der Waals surface area contributed by atoms with Crippen LogP contribution in [0.5, 0.6) is 11.5 Å². The van der Waals surface area contributed by atoms with Gasteiger partial charge in [0.1, 0.15) is 11.5 Å². The van der Waals surface area contributed by atoms with E-state index in [4.69, 9.17) is 9.47 Å². The Bertz CT molecular complexity index is 1200. The molecule has 2 aromatic carbocycles. The molecule has 0 aliphatic heterocycles. The van der Waals surface area contributed by atoms with E-state index in [0.717, 1.165) is 23.3 Å². The van der Waals surface area contributed by atoms with Gasteiger partial charge >= 0.3 is 0 Å². The molecule has 4 aliphatic rings. The van der Waals surface area contributed by atoms with Gasteiger partial charge in [0.05, 0.1) is 37.0 Å². The standard InChI is InChI=1S/C27H34N2O5S/c1-33-21-5-7-22(24(12-21)34-2)29-26(30)16-28-23-6-4-20(11-25(23)35(3,31)32)27-13-17-8-18(14-27)10-19(9-17)15-27/h4-7,11-12,17-19,28H,8-10,13-16H2,1-3H3,(H,29,30).